The third-order valence-corrected chi connectivity index (χ3v) is 4.73. The van der Waals surface area contributed by atoms with Crippen molar-refractivity contribution in [3.8, 4) is 0 Å². The number of nitrogens with zero attached hydrogens (tertiary/aromatic N) is 1. The lowest BCUT2D eigenvalue weighted by molar-refractivity contribution is 0.164. The fourth-order valence-electron chi connectivity index (χ4n) is 3.29. The Morgan fingerprint density at radius 2 is 1.71 bits per heavy atom. The van der Waals surface area contributed by atoms with Gasteiger partial charge in [-0.05, 0) is 64.5 Å². The largest absolute Gasteiger partial charge is 0.312 e. The Labute approximate surface area is 107 Å². The van der Waals surface area contributed by atoms with E-state index in [1.165, 1.54) is 64.6 Å². The summed E-state index contributed by atoms with van der Waals surface area (Å²) in [5.41, 5.74) is 0. The molecule has 0 aromatic carbocycles. The third-order valence-electron chi connectivity index (χ3n) is 4.73. The summed E-state index contributed by atoms with van der Waals surface area (Å²) in [7, 11) is 0. The van der Waals surface area contributed by atoms with Crippen LogP contribution < -0.4 is 5.32 Å². The van der Waals surface area contributed by atoms with Crippen LogP contribution in [0.25, 0.3) is 0 Å². The first kappa shape index (κ1) is 13.4. The van der Waals surface area contributed by atoms with Crippen LogP contribution in [0.5, 0.6) is 0 Å². The van der Waals surface area contributed by atoms with Gasteiger partial charge in [-0.2, -0.15) is 0 Å². The van der Waals surface area contributed by atoms with Crippen molar-refractivity contribution in [3.63, 3.8) is 0 Å². The predicted octanol–water partition coefficient (Wildman–Crippen LogP) is 3.03. The van der Waals surface area contributed by atoms with Crippen LogP contribution in [0.2, 0.25) is 0 Å². The molecule has 0 radical (unpaired) electrons. The van der Waals surface area contributed by atoms with E-state index in [0.29, 0.717) is 0 Å². The van der Waals surface area contributed by atoms with Crippen LogP contribution in [0.4, 0.5) is 0 Å². The summed E-state index contributed by atoms with van der Waals surface area (Å²) in [6.07, 6.45) is 9.90. The van der Waals surface area contributed by atoms with E-state index in [1.54, 1.807) is 0 Å². The molecule has 1 aliphatic carbocycles. The Morgan fingerprint density at radius 3 is 2.35 bits per heavy atom. The second-order valence-electron chi connectivity index (χ2n) is 6.31. The van der Waals surface area contributed by atoms with Crippen molar-refractivity contribution in [2.45, 2.75) is 70.9 Å². The molecule has 1 N–H and O–H groups in total. The van der Waals surface area contributed by atoms with E-state index >= 15 is 0 Å². The molecule has 0 aromatic heterocycles. The Hall–Kier alpha value is -0.0800. The van der Waals surface area contributed by atoms with Crippen LogP contribution in [0.15, 0.2) is 0 Å². The molecule has 1 atom stereocenters. The topological polar surface area (TPSA) is 15.3 Å². The molecule has 1 saturated heterocycles. The minimum Gasteiger partial charge on any atom is -0.312 e. The normalized spacial score (nSPS) is 33.5. The summed E-state index contributed by atoms with van der Waals surface area (Å²) in [6, 6.07) is 1.54. The van der Waals surface area contributed by atoms with Crippen LogP contribution in [0, 0.1) is 5.92 Å². The van der Waals surface area contributed by atoms with Gasteiger partial charge in [-0.3, -0.25) is 4.90 Å². The molecule has 0 amide bonds. The highest BCUT2D eigenvalue weighted by Gasteiger charge is 2.20. The minimum atomic E-state index is 0.731. The van der Waals surface area contributed by atoms with E-state index in [4.69, 9.17) is 0 Å². The molecule has 0 bridgehead atoms. The molecule has 1 saturated carbocycles. The van der Waals surface area contributed by atoms with Crippen LogP contribution >= 0.6 is 0 Å². The lowest BCUT2D eigenvalue weighted by Gasteiger charge is -2.34. The van der Waals surface area contributed by atoms with Gasteiger partial charge in [-0.15, -0.1) is 0 Å². The Bertz CT molecular complexity index is 203. The number of rotatable bonds is 4. The molecule has 0 aromatic rings. The third kappa shape index (κ3) is 4.26. The molecule has 100 valence electrons. The highest BCUT2D eigenvalue weighted by molar-refractivity contribution is 4.79. The number of piperidine rings is 1. The number of likely N-dealkylation sites (tertiary alicyclic amines) is 1. The van der Waals surface area contributed by atoms with Crippen molar-refractivity contribution in [1.29, 1.82) is 0 Å². The van der Waals surface area contributed by atoms with Crippen LogP contribution in [-0.2, 0) is 0 Å². The van der Waals surface area contributed by atoms with Gasteiger partial charge >= 0.3 is 0 Å². The average molecular weight is 238 g/mol. The molecule has 2 heteroatoms. The Kier molecular flexibility index (Phi) is 5.30. The van der Waals surface area contributed by atoms with E-state index in [1.807, 2.05) is 0 Å². The smallest absolute Gasteiger partial charge is 0.0192 e. The summed E-state index contributed by atoms with van der Waals surface area (Å²) in [4.78, 5) is 2.67. The molecule has 1 heterocycles. The summed E-state index contributed by atoms with van der Waals surface area (Å²) in [5.74, 6) is 0.965. The molecule has 0 spiro atoms. The van der Waals surface area contributed by atoms with E-state index in [2.05, 4.69) is 24.1 Å². The fourth-order valence-corrected chi connectivity index (χ4v) is 3.29. The van der Waals surface area contributed by atoms with Crippen LogP contribution in [0.1, 0.15) is 58.8 Å². The van der Waals surface area contributed by atoms with Gasteiger partial charge in [0.25, 0.3) is 0 Å². The van der Waals surface area contributed by atoms with Gasteiger partial charge in [0, 0.05) is 18.6 Å². The fraction of sp³-hybridized carbons (Fsp3) is 1.00. The SMILES string of the molecule is CC1CCC(NCC(C)N2CCCCC2)CC1. The zero-order chi connectivity index (χ0) is 12.1. The highest BCUT2D eigenvalue weighted by Crippen LogP contribution is 2.23. The van der Waals surface area contributed by atoms with Gasteiger partial charge < -0.3 is 5.32 Å². The van der Waals surface area contributed by atoms with Crippen molar-refractivity contribution >= 4 is 0 Å². The monoisotopic (exact) mass is 238 g/mol. The van der Waals surface area contributed by atoms with Crippen LogP contribution in [0.3, 0.4) is 0 Å². The van der Waals surface area contributed by atoms with Gasteiger partial charge in [0.15, 0.2) is 0 Å². The lowest BCUT2D eigenvalue weighted by atomic mass is 9.87. The van der Waals surface area contributed by atoms with E-state index in [-0.39, 0.29) is 0 Å². The molecule has 1 aliphatic heterocycles. The van der Waals surface area contributed by atoms with Crippen molar-refractivity contribution in [2.24, 2.45) is 5.92 Å². The highest BCUT2D eigenvalue weighted by atomic mass is 15.2. The van der Waals surface area contributed by atoms with Crippen molar-refractivity contribution < 1.29 is 0 Å². The Morgan fingerprint density at radius 1 is 1.06 bits per heavy atom. The molecule has 2 aliphatic rings. The zero-order valence-electron chi connectivity index (χ0n) is 11.8. The molecule has 2 rings (SSSR count). The van der Waals surface area contributed by atoms with Gasteiger partial charge in [0.1, 0.15) is 0 Å². The quantitative estimate of drug-likeness (QED) is 0.810. The van der Waals surface area contributed by atoms with Gasteiger partial charge in [0.05, 0.1) is 0 Å². The molecule has 2 fully saturated rings. The maximum atomic E-state index is 3.80. The van der Waals surface area contributed by atoms with E-state index < -0.39 is 0 Å². The second kappa shape index (κ2) is 6.75. The maximum Gasteiger partial charge on any atom is 0.0192 e. The number of hydrogen-bond donors (Lipinski definition) is 1. The Balaban J connectivity index is 1.63. The maximum absolute atomic E-state index is 3.80. The standard InChI is InChI=1S/C15H30N2/c1-13-6-8-15(9-7-13)16-12-14(2)17-10-4-3-5-11-17/h13-16H,3-12H2,1-2H3. The van der Waals surface area contributed by atoms with Crippen molar-refractivity contribution in [1.82, 2.24) is 10.2 Å². The van der Waals surface area contributed by atoms with E-state index in [0.717, 1.165) is 18.0 Å². The second-order valence-corrected chi connectivity index (χ2v) is 6.31. The molecular formula is C15H30N2. The van der Waals surface area contributed by atoms with Gasteiger partial charge in [-0.25, -0.2) is 0 Å². The number of hydrogen-bond acceptors (Lipinski definition) is 2. The molecular weight excluding hydrogens is 208 g/mol. The zero-order valence-corrected chi connectivity index (χ0v) is 11.8. The van der Waals surface area contributed by atoms with Crippen molar-refractivity contribution in [3.05, 3.63) is 0 Å². The van der Waals surface area contributed by atoms with E-state index in [9.17, 15) is 0 Å². The first-order valence-electron chi connectivity index (χ1n) is 7.73. The lowest BCUT2D eigenvalue weighted by Crippen LogP contribution is -2.46. The first-order chi connectivity index (χ1) is 8.25. The molecule has 17 heavy (non-hydrogen) atoms. The summed E-state index contributed by atoms with van der Waals surface area (Å²) in [6.45, 7) is 8.63. The molecule has 1 unspecified atom stereocenters. The molecule has 2 nitrogen and oxygen atoms in total. The van der Waals surface area contributed by atoms with Gasteiger partial charge in [-0.1, -0.05) is 13.3 Å². The predicted molar refractivity (Wildman–Crippen MR) is 74.3 cm³/mol. The first-order valence-corrected chi connectivity index (χ1v) is 7.73. The summed E-state index contributed by atoms with van der Waals surface area (Å²) < 4.78 is 0. The van der Waals surface area contributed by atoms with Crippen LogP contribution in [-0.4, -0.2) is 36.6 Å². The minimum absolute atomic E-state index is 0.731. The summed E-state index contributed by atoms with van der Waals surface area (Å²) >= 11 is 0. The number of nitrogens with one attached hydrogen (secondary N) is 1. The van der Waals surface area contributed by atoms with Crippen molar-refractivity contribution in [2.75, 3.05) is 19.6 Å². The summed E-state index contributed by atoms with van der Waals surface area (Å²) in [5, 5.41) is 3.80. The average Bonchev–Trinajstić information content (AvgIpc) is 2.39. The van der Waals surface area contributed by atoms with Gasteiger partial charge in [0.2, 0.25) is 0 Å².